The van der Waals surface area contributed by atoms with Crippen molar-refractivity contribution in [3.8, 4) is 0 Å². The Bertz CT molecular complexity index is 1110. The summed E-state index contributed by atoms with van der Waals surface area (Å²) in [6, 6.07) is 8.38. The zero-order valence-corrected chi connectivity index (χ0v) is 23.9. The van der Waals surface area contributed by atoms with Crippen molar-refractivity contribution in [3.63, 3.8) is 0 Å². The average Bonchev–Trinajstić information content (AvgIpc) is 3.41. The van der Waals surface area contributed by atoms with Crippen molar-refractivity contribution in [1.82, 2.24) is 15.5 Å². The normalized spacial score (nSPS) is 23.6. The number of nitrogens with one attached hydrogen (secondary N) is 2. The minimum absolute atomic E-state index is 0.0531. The number of imide groups is 1. The zero-order valence-electron chi connectivity index (χ0n) is 22.2. The molecule has 13 nitrogen and oxygen atoms in total. The quantitative estimate of drug-likeness (QED) is 0.0904. The predicted molar refractivity (Wildman–Crippen MR) is 148 cm³/mol. The Morgan fingerprint density at radius 2 is 1.80 bits per heavy atom. The number of benzene rings is 1. The first-order chi connectivity index (χ1) is 19.1. The van der Waals surface area contributed by atoms with Crippen LogP contribution >= 0.6 is 6.72 Å². The molecule has 1 aromatic rings. The number of carbonyl (C=O) groups is 4. The molecule has 1 fully saturated rings. The number of urea groups is 1. The first kappa shape index (κ1) is 31.7. The van der Waals surface area contributed by atoms with Crippen molar-refractivity contribution in [1.29, 1.82) is 0 Å². The van der Waals surface area contributed by atoms with Crippen molar-refractivity contribution >= 4 is 50.4 Å². The second-order valence-electron chi connectivity index (χ2n) is 9.09. The number of nitrogens with zero attached hydrogens (tertiary/aromatic N) is 1. The van der Waals surface area contributed by atoms with E-state index in [1.165, 1.54) is 19.3 Å². The van der Waals surface area contributed by atoms with Crippen molar-refractivity contribution in [3.05, 3.63) is 48.0 Å². The van der Waals surface area contributed by atoms with Crippen LogP contribution in [0.4, 0.5) is 9.59 Å². The number of rotatable bonds is 14. The van der Waals surface area contributed by atoms with Crippen LogP contribution in [0.25, 0.3) is 0 Å². The maximum atomic E-state index is 12.1. The summed E-state index contributed by atoms with van der Waals surface area (Å²) in [6.07, 6.45) is 1.10. The maximum absolute atomic E-state index is 12.1. The lowest BCUT2D eigenvalue weighted by atomic mass is 9.82. The molecule has 1 saturated heterocycles. The molecule has 40 heavy (non-hydrogen) atoms. The van der Waals surface area contributed by atoms with Gasteiger partial charge in [0.15, 0.2) is 0 Å². The number of ether oxygens (including phenoxy) is 3. The predicted octanol–water partition coefficient (Wildman–Crippen LogP) is 0.567. The van der Waals surface area contributed by atoms with E-state index in [0.717, 1.165) is 10.5 Å². The van der Waals surface area contributed by atoms with Crippen LogP contribution in [0.2, 0.25) is 0 Å². The molecular formula is C24H33BN3O10PS. The fourth-order valence-corrected chi connectivity index (χ4v) is 5.30. The third-order valence-electron chi connectivity index (χ3n) is 6.35. The van der Waals surface area contributed by atoms with Gasteiger partial charge in [0.25, 0.3) is 11.8 Å². The minimum atomic E-state index is -3.56. The molecule has 1 aromatic carbocycles. The molecule has 218 valence electrons. The third-order valence-corrected chi connectivity index (χ3v) is 8.03. The van der Waals surface area contributed by atoms with E-state index in [4.69, 9.17) is 35.1 Å². The molecule has 0 radical (unpaired) electrons. The Balaban J connectivity index is 1.43. The second kappa shape index (κ2) is 15.3. The van der Waals surface area contributed by atoms with Crippen LogP contribution in [0.1, 0.15) is 18.4 Å². The molecule has 0 aliphatic carbocycles. The van der Waals surface area contributed by atoms with Crippen molar-refractivity contribution in [2.24, 2.45) is 5.92 Å². The van der Waals surface area contributed by atoms with Crippen molar-refractivity contribution in [2.75, 3.05) is 33.4 Å². The van der Waals surface area contributed by atoms with Crippen LogP contribution in [0.15, 0.2) is 42.5 Å². The highest BCUT2D eigenvalue weighted by atomic mass is 32.5. The highest BCUT2D eigenvalue weighted by Gasteiger charge is 2.45. The van der Waals surface area contributed by atoms with Gasteiger partial charge in [-0.3, -0.25) is 14.5 Å². The Morgan fingerprint density at radius 1 is 1.12 bits per heavy atom. The lowest BCUT2D eigenvalue weighted by Crippen LogP contribution is -2.42. The van der Waals surface area contributed by atoms with Crippen LogP contribution in [0, 0.1) is 5.92 Å². The molecule has 3 rings (SSSR count). The fourth-order valence-electron chi connectivity index (χ4n) is 4.32. The summed E-state index contributed by atoms with van der Waals surface area (Å²) in [4.78, 5) is 58.6. The van der Waals surface area contributed by atoms with E-state index >= 15 is 0 Å². The van der Waals surface area contributed by atoms with Crippen molar-refractivity contribution < 1.29 is 47.3 Å². The van der Waals surface area contributed by atoms with E-state index in [2.05, 4.69) is 10.6 Å². The van der Waals surface area contributed by atoms with E-state index in [-0.39, 0.29) is 38.2 Å². The fraction of sp³-hybridized carbons (Fsp3) is 0.500. The number of amides is 4. The van der Waals surface area contributed by atoms with Gasteiger partial charge >= 0.3 is 18.9 Å². The molecule has 16 heteroatoms. The maximum Gasteiger partial charge on any atom is 0.508 e. The molecule has 4 amide bonds. The SMILES string of the molecule is B[C@@H]1O[C@H](COC(=O)OCc2ccccc2)C(OP(O)(=S)OC)[C@@H]1CCCNC(=O)NCCN1C(=O)C=CC1=O. The van der Waals surface area contributed by atoms with E-state index in [0.29, 0.717) is 19.4 Å². The number of carbonyl (C=O) groups excluding carboxylic acids is 4. The molecule has 0 spiro atoms. The molecular weight excluding hydrogens is 564 g/mol. The van der Waals surface area contributed by atoms with Gasteiger partial charge in [-0.15, -0.1) is 0 Å². The van der Waals surface area contributed by atoms with Gasteiger partial charge in [-0.05, 0) is 30.2 Å². The van der Waals surface area contributed by atoms with Crippen LogP contribution in [-0.2, 0) is 51.3 Å². The highest BCUT2D eigenvalue weighted by molar-refractivity contribution is 8.07. The molecule has 0 saturated carbocycles. The molecule has 2 aliphatic rings. The summed E-state index contributed by atoms with van der Waals surface area (Å²) in [7, 11) is 3.08. The highest BCUT2D eigenvalue weighted by Crippen LogP contribution is 2.48. The van der Waals surface area contributed by atoms with Crippen LogP contribution < -0.4 is 10.6 Å². The zero-order chi connectivity index (χ0) is 29.1. The largest absolute Gasteiger partial charge is 0.508 e. The summed E-state index contributed by atoms with van der Waals surface area (Å²) in [5.74, 6) is -1.07. The van der Waals surface area contributed by atoms with Gasteiger partial charge in [0.1, 0.15) is 33.3 Å². The van der Waals surface area contributed by atoms with E-state index in [1.54, 1.807) is 0 Å². The lowest BCUT2D eigenvalue weighted by Gasteiger charge is -2.27. The van der Waals surface area contributed by atoms with Gasteiger partial charge in [-0.25, -0.2) is 9.59 Å². The Morgan fingerprint density at radius 3 is 2.48 bits per heavy atom. The molecule has 0 aromatic heterocycles. The number of hydrogen-bond acceptors (Lipinski definition) is 10. The van der Waals surface area contributed by atoms with Crippen LogP contribution in [-0.4, -0.2) is 93.2 Å². The van der Waals surface area contributed by atoms with Crippen LogP contribution in [0.3, 0.4) is 0 Å². The molecule has 0 bridgehead atoms. The summed E-state index contributed by atoms with van der Waals surface area (Å²) < 4.78 is 27.0. The first-order valence-electron chi connectivity index (χ1n) is 12.7. The molecule has 3 N–H and O–H groups in total. The van der Waals surface area contributed by atoms with Crippen LogP contribution in [0.5, 0.6) is 0 Å². The second-order valence-corrected chi connectivity index (χ2v) is 12.0. The van der Waals surface area contributed by atoms with Gasteiger partial charge in [0, 0.05) is 50.8 Å². The van der Waals surface area contributed by atoms with E-state index in [9.17, 15) is 24.1 Å². The minimum Gasteiger partial charge on any atom is -0.431 e. The molecule has 2 unspecified atom stereocenters. The average molecular weight is 597 g/mol. The molecule has 2 aliphatic heterocycles. The summed E-state index contributed by atoms with van der Waals surface area (Å²) >= 11 is 5.04. The Kier molecular flexibility index (Phi) is 12.1. The van der Waals surface area contributed by atoms with E-state index in [1.807, 2.05) is 38.2 Å². The smallest absolute Gasteiger partial charge is 0.431 e. The lowest BCUT2D eigenvalue weighted by molar-refractivity contribution is -0.136. The number of hydrogen-bond donors (Lipinski definition) is 3. The summed E-state index contributed by atoms with van der Waals surface area (Å²) in [6.45, 7) is -3.19. The third kappa shape index (κ3) is 9.68. The summed E-state index contributed by atoms with van der Waals surface area (Å²) in [5, 5.41) is 5.31. The van der Waals surface area contributed by atoms with Gasteiger partial charge in [-0.2, -0.15) is 0 Å². The molecule has 2 heterocycles. The molecule has 5 atom stereocenters. The Labute approximate surface area is 238 Å². The van der Waals surface area contributed by atoms with E-state index < -0.39 is 42.9 Å². The van der Waals surface area contributed by atoms with Crippen molar-refractivity contribution in [2.45, 2.75) is 37.7 Å². The summed E-state index contributed by atoms with van der Waals surface area (Å²) in [5.41, 5.74) is 0.809. The standard InChI is InChI=1S/C24H33BN3O10PS/c1-34-39(33,40)38-21-17(8-5-11-26-23(31)27-12-13-28-19(29)9-10-20(28)30)22(25)37-18(21)15-36-24(32)35-14-16-6-3-2-4-7-16/h2-4,6-7,9-10,17-18,21-22H,5,8,11-15,25H2,1H3,(H,33,40)(H2,26,27,31)/t17-,18+,21?,22+,39?/m0/s1. The van der Waals surface area contributed by atoms with Gasteiger partial charge in [0.05, 0.1) is 0 Å². The monoisotopic (exact) mass is 597 g/mol. The Hall–Kier alpha value is -2.81. The van der Waals surface area contributed by atoms with Gasteiger partial charge in [0.2, 0.25) is 0 Å². The topological polar surface area (TPSA) is 162 Å². The first-order valence-corrected chi connectivity index (χ1v) is 15.3. The van der Waals surface area contributed by atoms with Gasteiger partial charge < -0.3 is 38.8 Å². The van der Waals surface area contributed by atoms with Gasteiger partial charge in [-0.1, -0.05) is 30.3 Å².